The maximum Gasteiger partial charge on any atom is 0.258 e. The number of fused-ring (bicyclic) bond motifs is 1. The third kappa shape index (κ3) is 4.69. The van der Waals surface area contributed by atoms with Gasteiger partial charge in [0.15, 0.2) is 0 Å². The van der Waals surface area contributed by atoms with Gasteiger partial charge in [-0.15, -0.1) is 0 Å². The highest BCUT2D eigenvalue weighted by molar-refractivity contribution is 6.07. The molecule has 5 heteroatoms. The maximum atomic E-state index is 13.7. The Morgan fingerprint density at radius 1 is 0.941 bits per heavy atom. The van der Waals surface area contributed by atoms with Crippen molar-refractivity contribution < 1.29 is 9.59 Å². The molecule has 3 aromatic rings. The van der Waals surface area contributed by atoms with Gasteiger partial charge in [0.2, 0.25) is 5.91 Å². The number of carbonyl (C=O) groups excluding carboxylic acids is 2. The number of amides is 2. The van der Waals surface area contributed by atoms with Crippen LogP contribution < -0.4 is 15.1 Å². The SMILES string of the molecule is CCCNc1ccc(C(=O)N2c3ccccc3C(N(C(=O)CC)c3ccccc3)CC2C)cc1. The van der Waals surface area contributed by atoms with Crippen molar-refractivity contribution in [2.45, 2.75) is 52.1 Å². The lowest BCUT2D eigenvalue weighted by Gasteiger charge is -2.43. The van der Waals surface area contributed by atoms with Gasteiger partial charge in [-0.3, -0.25) is 9.59 Å². The molecule has 4 rings (SSSR count). The topological polar surface area (TPSA) is 52.7 Å². The molecule has 1 N–H and O–H groups in total. The first-order chi connectivity index (χ1) is 16.5. The second-order valence-corrected chi connectivity index (χ2v) is 8.79. The van der Waals surface area contributed by atoms with Crippen LogP contribution in [0, 0.1) is 0 Å². The van der Waals surface area contributed by atoms with E-state index in [9.17, 15) is 9.59 Å². The van der Waals surface area contributed by atoms with Gasteiger partial charge in [0.1, 0.15) is 0 Å². The Morgan fingerprint density at radius 3 is 2.29 bits per heavy atom. The minimum absolute atomic E-state index is 0.0199. The van der Waals surface area contributed by atoms with E-state index in [2.05, 4.69) is 19.2 Å². The van der Waals surface area contributed by atoms with Crippen molar-refractivity contribution in [2.75, 3.05) is 21.7 Å². The third-order valence-electron chi connectivity index (χ3n) is 6.41. The van der Waals surface area contributed by atoms with Crippen molar-refractivity contribution in [3.05, 3.63) is 90.0 Å². The first-order valence-corrected chi connectivity index (χ1v) is 12.2. The smallest absolute Gasteiger partial charge is 0.258 e. The van der Waals surface area contributed by atoms with Crippen LogP contribution >= 0.6 is 0 Å². The van der Waals surface area contributed by atoms with Crippen molar-refractivity contribution in [2.24, 2.45) is 0 Å². The van der Waals surface area contributed by atoms with E-state index < -0.39 is 0 Å². The van der Waals surface area contributed by atoms with Gasteiger partial charge >= 0.3 is 0 Å². The molecule has 2 atom stereocenters. The number of benzene rings is 3. The molecule has 0 saturated carbocycles. The molecule has 0 fully saturated rings. The quantitative estimate of drug-likeness (QED) is 0.446. The molecular weight excluding hydrogens is 422 g/mol. The van der Waals surface area contributed by atoms with Gasteiger partial charge in [0.05, 0.1) is 6.04 Å². The molecule has 1 aliphatic heterocycles. The average Bonchev–Trinajstić information content (AvgIpc) is 2.88. The summed E-state index contributed by atoms with van der Waals surface area (Å²) in [6, 6.07) is 25.3. The summed E-state index contributed by atoms with van der Waals surface area (Å²) in [7, 11) is 0. The van der Waals surface area contributed by atoms with Crippen molar-refractivity contribution in [1.29, 1.82) is 0 Å². The Hall–Kier alpha value is -3.60. The van der Waals surface area contributed by atoms with Crippen LogP contribution in [0.3, 0.4) is 0 Å². The molecule has 0 bridgehead atoms. The van der Waals surface area contributed by atoms with Crippen LogP contribution in [0.2, 0.25) is 0 Å². The van der Waals surface area contributed by atoms with Crippen LogP contribution in [0.25, 0.3) is 0 Å². The number of anilines is 3. The first kappa shape index (κ1) is 23.6. The normalized spacial score (nSPS) is 17.1. The summed E-state index contributed by atoms with van der Waals surface area (Å²) in [5.41, 5.74) is 4.43. The lowest BCUT2D eigenvalue weighted by Crippen LogP contribution is -2.47. The van der Waals surface area contributed by atoms with Gasteiger partial charge in [-0.1, -0.05) is 50.2 Å². The van der Waals surface area contributed by atoms with E-state index in [-0.39, 0.29) is 23.9 Å². The second-order valence-electron chi connectivity index (χ2n) is 8.79. The van der Waals surface area contributed by atoms with Gasteiger partial charge in [-0.25, -0.2) is 0 Å². The first-order valence-electron chi connectivity index (χ1n) is 12.2. The molecule has 0 radical (unpaired) electrons. The van der Waals surface area contributed by atoms with E-state index in [1.807, 2.05) is 95.6 Å². The van der Waals surface area contributed by atoms with Gasteiger partial charge in [0, 0.05) is 41.6 Å². The minimum atomic E-state index is -0.134. The van der Waals surface area contributed by atoms with Crippen molar-refractivity contribution in [1.82, 2.24) is 0 Å². The van der Waals surface area contributed by atoms with E-state index in [4.69, 9.17) is 0 Å². The molecule has 1 heterocycles. The highest BCUT2D eigenvalue weighted by atomic mass is 16.2. The third-order valence-corrected chi connectivity index (χ3v) is 6.41. The molecule has 2 unspecified atom stereocenters. The molecule has 2 amide bonds. The van der Waals surface area contributed by atoms with Crippen LogP contribution in [0.1, 0.15) is 62.0 Å². The predicted molar refractivity (Wildman–Crippen MR) is 140 cm³/mol. The van der Waals surface area contributed by atoms with Crippen molar-refractivity contribution in [3.8, 4) is 0 Å². The number of para-hydroxylation sites is 2. The summed E-state index contributed by atoms with van der Waals surface area (Å²) < 4.78 is 0. The summed E-state index contributed by atoms with van der Waals surface area (Å²) in [6.45, 7) is 6.99. The number of carbonyl (C=O) groups is 2. The van der Waals surface area contributed by atoms with E-state index in [0.29, 0.717) is 18.4 Å². The summed E-state index contributed by atoms with van der Waals surface area (Å²) in [5, 5.41) is 3.35. The second kappa shape index (κ2) is 10.6. The Labute approximate surface area is 202 Å². The predicted octanol–water partition coefficient (Wildman–Crippen LogP) is 6.43. The zero-order chi connectivity index (χ0) is 24.1. The molecule has 0 saturated heterocycles. The van der Waals surface area contributed by atoms with Gasteiger partial charge in [-0.2, -0.15) is 0 Å². The average molecular weight is 456 g/mol. The fourth-order valence-electron chi connectivity index (χ4n) is 4.73. The van der Waals surface area contributed by atoms with E-state index in [1.165, 1.54) is 0 Å². The Morgan fingerprint density at radius 2 is 1.62 bits per heavy atom. The molecule has 0 aliphatic carbocycles. The van der Waals surface area contributed by atoms with Crippen LogP contribution in [0.5, 0.6) is 0 Å². The highest BCUT2D eigenvalue weighted by Gasteiger charge is 2.38. The Balaban J connectivity index is 1.70. The fraction of sp³-hybridized carbons (Fsp3) is 0.310. The molecule has 1 aliphatic rings. The van der Waals surface area contributed by atoms with Crippen LogP contribution in [-0.4, -0.2) is 24.4 Å². The zero-order valence-electron chi connectivity index (χ0n) is 20.2. The standard InChI is InChI=1S/C29H33N3O2/c1-4-19-30-23-17-15-22(16-18-23)29(34)31-21(3)20-27(25-13-9-10-14-26(25)31)32(28(33)5-2)24-11-7-6-8-12-24/h6-18,21,27,30H,4-5,19-20H2,1-3H3. The number of hydrogen-bond donors (Lipinski definition) is 1. The number of rotatable bonds is 7. The summed E-state index contributed by atoms with van der Waals surface area (Å²) in [4.78, 5) is 30.6. The molecule has 5 nitrogen and oxygen atoms in total. The molecule has 0 spiro atoms. The van der Waals surface area contributed by atoms with E-state index in [0.717, 1.165) is 35.6 Å². The van der Waals surface area contributed by atoms with Gasteiger partial charge < -0.3 is 15.1 Å². The summed E-state index contributed by atoms with van der Waals surface area (Å²) >= 11 is 0. The van der Waals surface area contributed by atoms with Crippen LogP contribution in [-0.2, 0) is 4.79 Å². The maximum absolute atomic E-state index is 13.7. The van der Waals surface area contributed by atoms with Crippen molar-refractivity contribution >= 4 is 28.9 Å². The zero-order valence-corrected chi connectivity index (χ0v) is 20.2. The molecule has 34 heavy (non-hydrogen) atoms. The van der Waals surface area contributed by atoms with Gasteiger partial charge in [0.25, 0.3) is 5.91 Å². The Kier molecular flexibility index (Phi) is 7.31. The lowest BCUT2D eigenvalue weighted by molar-refractivity contribution is -0.118. The van der Waals surface area contributed by atoms with Crippen molar-refractivity contribution in [3.63, 3.8) is 0 Å². The van der Waals surface area contributed by atoms with E-state index >= 15 is 0 Å². The number of nitrogens with one attached hydrogen (secondary N) is 1. The molecular formula is C29H33N3O2. The highest BCUT2D eigenvalue weighted by Crippen LogP contribution is 2.42. The van der Waals surface area contributed by atoms with Gasteiger partial charge in [-0.05, 0) is 67.8 Å². The molecule has 3 aromatic carbocycles. The minimum Gasteiger partial charge on any atom is -0.385 e. The monoisotopic (exact) mass is 455 g/mol. The number of nitrogens with zero attached hydrogens (tertiary/aromatic N) is 2. The summed E-state index contributed by atoms with van der Waals surface area (Å²) in [6.07, 6.45) is 2.13. The summed E-state index contributed by atoms with van der Waals surface area (Å²) in [5.74, 6) is 0.0571. The van der Waals surface area contributed by atoms with Crippen LogP contribution in [0.4, 0.5) is 17.1 Å². The Bertz CT molecular complexity index is 1130. The largest absolute Gasteiger partial charge is 0.385 e. The number of hydrogen-bond acceptors (Lipinski definition) is 3. The van der Waals surface area contributed by atoms with E-state index in [1.54, 1.807) is 0 Å². The lowest BCUT2D eigenvalue weighted by atomic mass is 9.89. The van der Waals surface area contributed by atoms with Crippen LogP contribution in [0.15, 0.2) is 78.9 Å². The molecule has 176 valence electrons. The fourth-order valence-corrected chi connectivity index (χ4v) is 4.73. The molecule has 0 aromatic heterocycles.